The molecule has 0 spiro atoms. The van der Waals surface area contributed by atoms with Crippen molar-refractivity contribution < 1.29 is 13.9 Å². The van der Waals surface area contributed by atoms with Gasteiger partial charge in [-0.1, -0.05) is 95.2 Å². The Hall–Kier alpha value is -1.87. The van der Waals surface area contributed by atoms with E-state index in [1.807, 2.05) is 24.3 Å². The first-order valence-corrected chi connectivity index (χ1v) is 11.8. The predicted molar refractivity (Wildman–Crippen MR) is 125 cm³/mol. The molecule has 0 fully saturated rings. The van der Waals surface area contributed by atoms with Crippen LogP contribution in [0.4, 0.5) is 4.39 Å². The lowest BCUT2D eigenvalue weighted by Crippen LogP contribution is -2.12. The molecular weight excluding hydrogens is 375 g/mol. The molecule has 0 aromatic heterocycles. The fourth-order valence-electron chi connectivity index (χ4n) is 3.42. The third kappa shape index (κ3) is 9.75. The zero-order valence-corrected chi connectivity index (χ0v) is 18.9. The Bertz CT molecular complexity index is 666. The second-order valence-electron chi connectivity index (χ2n) is 8.09. The van der Waals surface area contributed by atoms with Crippen LogP contribution >= 0.6 is 0 Å². The molecule has 166 valence electrons. The van der Waals surface area contributed by atoms with E-state index in [0.717, 1.165) is 42.7 Å². The van der Waals surface area contributed by atoms with E-state index in [0.29, 0.717) is 13.0 Å². The lowest BCUT2D eigenvalue weighted by molar-refractivity contribution is 0.117. The fourth-order valence-corrected chi connectivity index (χ4v) is 3.42. The SMILES string of the molecule is CCCCCCOCc1ccc(-c2ccc(OC[C@@H](F)CCCCCC)cc2)cc1. The van der Waals surface area contributed by atoms with Gasteiger partial charge < -0.3 is 9.47 Å². The number of ether oxygens (including phenoxy) is 2. The van der Waals surface area contributed by atoms with Gasteiger partial charge in [0.1, 0.15) is 18.5 Å². The quantitative estimate of drug-likeness (QED) is 0.258. The highest BCUT2D eigenvalue weighted by Crippen LogP contribution is 2.23. The summed E-state index contributed by atoms with van der Waals surface area (Å²) in [6.45, 7) is 6.03. The molecule has 0 saturated heterocycles. The summed E-state index contributed by atoms with van der Waals surface area (Å²) in [7, 11) is 0. The van der Waals surface area contributed by atoms with Crippen molar-refractivity contribution in [2.45, 2.75) is 84.4 Å². The van der Waals surface area contributed by atoms with Crippen LogP contribution in [-0.2, 0) is 11.3 Å². The van der Waals surface area contributed by atoms with Gasteiger partial charge in [0, 0.05) is 6.61 Å². The van der Waals surface area contributed by atoms with E-state index in [1.165, 1.54) is 37.7 Å². The third-order valence-electron chi connectivity index (χ3n) is 5.35. The zero-order chi connectivity index (χ0) is 21.4. The predicted octanol–water partition coefficient (Wildman–Crippen LogP) is 8.14. The Morgan fingerprint density at radius 1 is 0.733 bits per heavy atom. The fraction of sp³-hybridized carbons (Fsp3) is 0.556. The average Bonchev–Trinajstić information content (AvgIpc) is 2.78. The lowest BCUT2D eigenvalue weighted by Gasteiger charge is -2.11. The van der Waals surface area contributed by atoms with E-state index >= 15 is 0 Å². The number of unbranched alkanes of at least 4 members (excludes halogenated alkanes) is 6. The molecule has 0 saturated carbocycles. The van der Waals surface area contributed by atoms with Crippen LogP contribution in [0.15, 0.2) is 48.5 Å². The summed E-state index contributed by atoms with van der Waals surface area (Å²) in [5.74, 6) is 0.725. The summed E-state index contributed by atoms with van der Waals surface area (Å²) < 4.78 is 25.3. The lowest BCUT2D eigenvalue weighted by atomic mass is 10.0. The summed E-state index contributed by atoms with van der Waals surface area (Å²) in [5.41, 5.74) is 3.49. The molecule has 0 aliphatic heterocycles. The molecule has 2 aromatic carbocycles. The minimum atomic E-state index is -0.886. The van der Waals surface area contributed by atoms with Gasteiger partial charge >= 0.3 is 0 Å². The molecule has 2 aromatic rings. The van der Waals surface area contributed by atoms with E-state index in [4.69, 9.17) is 9.47 Å². The molecule has 3 heteroatoms. The number of hydrogen-bond donors (Lipinski definition) is 0. The maximum atomic E-state index is 13.9. The molecule has 0 bridgehead atoms. The van der Waals surface area contributed by atoms with Crippen LogP contribution in [0.1, 0.15) is 77.2 Å². The maximum Gasteiger partial charge on any atom is 0.134 e. The molecule has 0 aliphatic carbocycles. The zero-order valence-electron chi connectivity index (χ0n) is 18.9. The van der Waals surface area contributed by atoms with Gasteiger partial charge in [0.25, 0.3) is 0 Å². The normalized spacial score (nSPS) is 12.1. The van der Waals surface area contributed by atoms with Crippen LogP contribution in [0.5, 0.6) is 5.75 Å². The summed E-state index contributed by atoms with van der Waals surface area (Å²) >= 11 is 0. The number of alkyl halides is 1. The number of hydrogen-bond acceptors (Lipinski definition) is 2. The summed E-state index contributed by atoms with van der Waals surface area (Å²) in [6, 6.07) is 16.4. The van der Waals surface area contributed by atoms with E-state index in [9.17, 15) is 4.39 Å². The summed E-state index contributed by atoms with van der Waals surface area (Å²) in [4.78, 5) is 0. The van der Waals surface area contributed by atoms with Gasteiger partial charge in [0.05, 0.1) is 6.61 Å². The standard InChI is InChI=1S/C27H39FO2/c1-3-5-7-9-11-26(28)22-30-27-18-16-25(17-19-27)24-14-12-23(13-15-24)21-29-20-10-8-6-4-2/h12-19,26H,3-11,20-22H2,1-2H3/t26-/m0/s1. The summed E-state index contributed by atoms with van der Waals surface area (Å²) in [5, 5.41) is 0. The van der Waals surface area contributed by atoms with Crippen molar-refractivity contribution in [2.75, 3.05) is 13.2 Å². The third-order valence-corrected chi connectivity index (χ3v) is 5.35. The number of rotatable bonds is 16. The van der Waals surface area contributed by atoms with E-state index in [1.54, 1.807) is 0 Å². The highest BCUT2D eigenvalue weighted by molar-refractivity contribution is 5.64. The van der Waals surface area contributed by atoms with Crippen molar-refractivity contribution in [3.8, 4) is 16.9 Å². The smallest absolute Gasteiger partial charge is 0.134 e. The molecule has 0 heterocycles. The minimum Gasteiger partial charge on any atom is -0.491 e. The Labute approximate surface area is 182 Å². The van der Waals surface area contributed by atoms with Crippen LogP contribution in [0.2, 0.25) is 0 Å². The van der Waals surface area contributed by atoms with Gasteiger partial charge in [-0.25, -0.2) is 4.39 Å². The Balaban J connectivity index is 1.72. The van der Waals surface area contributed by atoms with E-state index < -0.39 is 6.17 Å². The molecule has 0 radical (unpaired) electrons. The molecule has 2 nitrogen and oxygen atoms in total. The molecule has 30 heavy (non-hydrogen) atoms. The second-order valence-corrected chi connectivity index (χ2v) is 8.09. The average molecular weight is 415 g/mol. The Morgan fingerprint density at radius 3 is 1.97 bits per heavy atom. The van der Waals surface area contributed by atoms with Gasteiger partial charge in [-0.15, -0.1) is 0 Å². The molecular formula is C27H39FO2. The largest absolute Gasteiger partial charge is 0.491 e. The molecule has 0 aliphatic rings. The van der Waals surface area contributed by atoms with Crippen molar-refractivity contribution in [3.05, 3.63) is 54.1 Å². The first-order chi connectivity index (χ1) is 14.7. The van der Waals surface area contributed by atoms with Crippen LogP contribution in [0.3, 0.4) is 0 Å². The van der Waals surface area contributed by atoms with Gasteiger partial charge in [0.15, 0.2) is 0 Å². The first kappa shape index (κ1) is 24.4. The minimum absolute atomic E-state index is 0.138. The van der Waals surface area contributed by atoms with Crippen molar-refractivity contribution >= 4 is 0 Å². The van der Waals surface area contributed by atoms with Gasteiger partial charge in [-0.05, 0) is 41.7 Å². The maximum absolute atomic E-state index is 13.9. The molecule has 0 N–H and O–H groups in total. The van der Waals surface area contributed by atoms with E-state index in [2.05, 4.69) is 38.1 Å². The second kappa shape index (κ2) is 15.0. The van der Waals surface area contributed by atoms with Crippen molar-refractivity contribution in [1.82, 2.24) is 0 Å². The number of halogens is 1. The summed E-state index contributed by atoms with van der Waals surface area (Å²) in [6.07, 6.45) is 9.04. The van der Waals surface area contributed by atoms with Crippen LogP contribution in [0.25, 0.3) is 11.1 Å². The van der Waals surface area contributed by atoms with Gasteiger partial charge in [-0.3, -0.25) is 0 Å². The van der Waals surface area contributed by atoms with Crippen molar-refractivity contribution in [3.63, 3.8) is 0 Å². The first-order valence-electron chi connectivity index (χ1n) is 11.8. The highest BCUT2D eigenvalue weighted by atomic mass is 19.1. The van der Waals surface area contributed by atoms with Crippen molar-refractivity contribution in [1.29, 1.82) is 0 Å². The van der Waals surface area contributed by atoms with Crippen LogP contribution in [-0.4, -0.2) is 19.4 Å². The Kier molecular flexibility index (Phi) is 12.2. The molecule has 0 unspecified atom stereocenters. The molecule has 2 rings (SSSR count). The molecule has 1 atom stereocenters. The van der Waals surface area contributed by atoms with E-state index in [-0.39, 0.29) is 6.61 Å². The van der Waals surface area contributed by atoms with Gasteiger partial charge in [0.2, 0.25) is 0 Å². The molecule has 0 amide bonds. The topological polar surface area (TPSA) is 18.5 Å². The highest BCUT2D eigenvalue weighted by Gasteiger charge is 2.07. The Morgan fingerprint density at radius 2 is 1.33 bits per heavy atom. The monoisotopic (exact) mass is 414 g/mol. The number of benzene rings is 2. The van der Waals surface area contributed by atoms with Crippen LogP contribution < -0.4 is 4.74 Å². The van der Waals surface area contributed by atoms with Gasteiger partial charge in [-0.2, -0.15) is 0 Å². The van der Waals surface area contributed by atoms with Crippen LogP contribution in [0, 0.1) is 0 Å². The van der Waals surface area contributed by atoms with Crippen molar-refractivity contribution in [2.24, 2.45) is 0 Å².